The number of fused-ring (bicyclic) bond motifs is 1. The Kier molecular flexibility index (Phi) is 5.99. The summed E-state index contributed by atoms with van der Waals surface area (Å²) < 4.78 is 15.1. The Bertz CT molecular complexity index is 1080. The minimum Gasteiger partial charge on any atom is -0.495 e. The lowest BCUT2D eigenvalue weighted by Crippen LogP contribution is -2.40. The first kappa shape index (κ1) is 19.9. The van der Waals surface area contributed by atoms with E-state index in [-0.39, 0.29) is 5.56 Å². The van der Waals surface area contributed by atoms with Gasteiger partial charge in [-0.15, -0.1) is 0 Å². The van der Waals surface area contributed by atoms with E-state index < -0.39 is 5.69 Å². The van der Waals surface area contributed by atoms with Gasteiger partial charge in [0, 0.05) is 20.2 Å². The SMILES string of the molecule is COCCn1cnc2c1c(=O)n(CCC(C)C)c(=O)n2-c1ccccc1OC. The molecule has 0 aliphatic heterocycles. The first-order valence-corrected chi connectivity index (χ1v) is 9.32. The Balaban J connectivity index is 2.34. The van der Waals surface area contributed by atoms with Crippen LogP contribution in [0.15, 0.2) is 40.2 Å². The fourth-order valence-corrected chi connectivity index (χ4v) is 3.16. The van der Waals surface area contributed by atoms with Gasteiger partial charge in [-0.25, -0.2) is 14.3 Å². The summed E-state index contributed by atoms with van der Waals surface area (Å²) in [7, 11) is 3.15. The molecular formula is C20H26N4O4. The van der Waals surface area contributed by atoms with Gasteiger partial charge >= 0.3 is 5.69 Å². The largest absolute Gasteiger partial charge is 0.495 e. The molecule has 0 saturated heterocycles. The van der Waals surface area contributed by atoms with Gasteiger partial charge in [-0.05, 0) is 24.5 Å². The quantitative estimate of drug-likeness (QED) is 0.592. The predicted molar refractivity (Wildman–Crippen MR) is 107 cm³/mol. The van der Waals surface area contributed by atoms with E-state index in [4.69, 9.17) is 9.47 Å². The summed E-state index contributed by atoms with van der Waals surface area (Å²) in [5.74, 6) is 0.895. The number of imidazole rings is 1. The predicted octanol–water partition coefficient (Wildman–Crippen LogP) is 2.05. The molecular weight excluding hydrogens is 360 g/mol. The lowest BCUT2D eigenvalue weighted by atomic mass is 10.1. The van der Waals surface area contributed by atoms with E-state index in [0.29, 0.717) is 48.2 Å². The molecule has 0 radical (unpaired) electrons. The van der Waals surface area contributed by atoms with Crippen molar-refractivity contribution < 1.29 is 9.47 Å². The molecule has 2 aromatic heterocycles. The third-order valence-corrected chi connectivity index (χ3v) is 4.69. The standard InChI is InChI=1S/C20H26N4O4/c1-14(2)9-10-23-19(25)17-18(21-13-22(17)11-12-27-3)24(20(23)26)15-7-5-6-8-16(15)28-4/h5-8,13-14H,9-12H2,1-4H3. The molecule has 0 atom stereocenters. The molecule has 2 heterocycles. The number of nitrogens with zero attached hydrogens (tertiary/aromatic N) is 4. The Labute approximate surface area is 163 Å². The monoisotopic (exact) mass is 386 g/mol. The Hall–Kier alpha value is -2.87. The molecule has 0 N–H and O–H groups in total. The molecule has 3 aromatic rings. The van der Waals surface area contributed by atoms with Crippen LogP contribution in [0.2, 0.25) is 0 Å². The maximum atomic E-state index is 13.3. The number of methoxy groups -OCH3 is 2. The van der Waals surface area contributed by atoms with Crippen LogP contribution in [0, 0.1) is 5.92 Å². The van der Waals surface area contributed by atoms with Gasteiger partial charge in [0.2, 0.25) is 0 Å². The minimum atomic E-state index is -0.417. The molecule has 8 nitrogen and oxygen atoms in total. The van der Waals surface area contributed by atoms with Crippen molar-refractivity contribution in [2.45, 2.75) is 33.4 Å². The van der Waals surface area contributed by atoms with Crippen LogP contribution in [0.25, 0.3) is 16.9 Å². The van der Waals surface area contributed by atoms with E-state index in [1.807, 2.05) is 12.1 Å². The fourth-order valence-electron chi connectivity index (χ4n) is 3.16. The van der Waals surface area contributed by atoms with Crippen LogP contribution in [-0.4, -0.2) is 39.5 Å². The van der Waals surface area contributed by atoms with Gasteiger partial charge in [-0.3, -0.25) is 9.36 Å². The summed E-state index contributed by atoms with van der Waals surface area (Å²) in [6, 6.07) is 7.21. The van der Waals surface area contributed by atoms with Gasteiger partial charge < -0.3 is 14.0 Å². The van der Waals surface area contributed by atoms with Crippen LogP contribution in [0.3, 0.4) is 0 Å². The zero-order valence-corrected chi connectivity index (χ0v) is 16.7. The van der Waals surface area contributed by atoms with Crippen molar-refractivity contribution in [1.82, 2.24) is 18.7 Å². The number of rotatable bonds is 8. The van der Waals surface area contributed by atoms with Gasteiger partial charge in [0.05, 0.1) is 25.7 Å². The van der Waals surface area contributed by atoms with Crippen molar-refractivity contribution in [3.05, 3.63) is 51.4 Å². The highest BCUT2D eigenvalue weighted by Gasteiger charge is 2.21. The topological polar surface area (TPSA) is 80.3 Å². The second-order valence-corrected chi connectivity index (χ2v) is 7.03. The molecule has 8 heteroatoms. The maximum absolute atomic E-state index is 13.3. The van der Waals surface area contributed by atoms with E-state index in [1.165, 1.54) is 9.13 Å². The summed E-state index contributed by atoms with van der Waals surface area (Å²) in [6.07, 6.45) is 2.29. The third kappa shape index (κ3) is 3.60. The third-order valence-electron chi connectivity index (χ3n) is 4.69. The minimum absolute atomic E-state index is 0.316. The number of benzene rings is 1. The number of hydrogen-bond acceptors (Lipinski definition) is 5. The molecule has 3 rings (SSSR count). The summed E-state index contributed by atoms with van der Waals surface area (Å²) in [5.41, 5.74) is 0.498. The highest BCUT2D eigenvalue weighted by molar-refractivity contribution is 5.73. The molecule has 150 valence electrons. The fraction of sp³-hybridized carbons (Fsp3) is 0.450. The van der Waals surface area contributed by atoms with Crippen LogP contribution in [-0.2, 0) is 17.8 Å². The number of para-hydroxylation sites is 2. The molecule has 0 aliphatic rings. The molecule has 0 saturated carbocycles. The van der Waals surface area contributed by atoms with Crippen LogP contribution >= 0.6 is 0 Å². The second-order valence-electron chi connectivity index (χ2n) is 7.03. The number of hydrogen-bond donors (Lipinski definition) is 0. The second kappa shape index (κ2) is 8.43. The molecule has 28 heavy (non-hydrogen) atoms. The highest BCUT2D eigenvalue weighted by Crippen LogP contribution is 2.23. The lowest BCUT2D eigenvalue weighted by molar-refractivity contribution is 0.188. The van der Waals surface area contributed by atoms with E-state index >= 15 is 0 Å². The van der Waals surface area contributed by atoms with Crippen molar-refractivity contribution in [2.75, 3.05) is 20.8 Å². The van der Waals surface area contributed by atoms with E-state index in [2.05, 4.69) is 18.8 Å². The summed E-state index contributed by atoms with van der Waals surface area (Å²) in [5, 5.41) is 0. The van der Waals surface area contributed by atoms with E-state index in [0.717, 1.165) is 6.42 Å². The van der Waals surface area contributed by atoms with Crippen LogP contribution < -0.4 is 16.0 Å². The Morgan fingerprint density at radius 1 is 1.11 bits per heavy atom. The van der Waals surface area contributed by atoms with Gasteiger partial charge in [0.15, 0.2) is 11.2 Å². The average Bonchev–Trinajstić information content (AvgIpc) is 3.10. The van der Waals surface area contributed by atoms with Crippen molar-refractivity contribution in [2.24, 2.45) is 5.92 Å². The van der Waals surface area contributed by atoms with Crippen molar-refractivity contribution in [1.29, 1.82) is 0 Å². The van der Waals surface area contributed by atoms with Gasteiger partial charge in [-0.2, -0.15) is 0 Å². The zero-order chi connectivity index (χ0) is 20.3. The van der Waals surface area contributed by atoms with Crippen LogP contribution in [0.1, 0.15) is 20.3 Å². The van der Waals surface area contributed by atoms with Crippen molar-refractivity contribution >= 4 is 11.2 Å². The summed E-state index contributed by atoms with van der Waals surface area (Å²) in [6.45, 7) is 5.37. The molecule has 0 fully saturated rings. The molecule has 0 spiro atoms. The zero-order valence-electron chi connectivity index (χ0n) is 16.7. The van der Waals surface area contributed by atoms with E-state index in [1.54, 1.807) is 37.2 Å². The van der Waals surface area contributed by atoms with Crippen molar-refractivity contribution in [3.8, 4) is 11.4 Å². The van der Waals surface area contributed by atoms with Crippen LogP contribution in [0.4, 0.5) is 0 Å². The molecule has 0 unspecified atom stereocenters. The maximum Gasteiger partial charge on any atom is 0.337 e. The Morgan fingerprint density at radius 2 is 1.86 bits per heavy atom. The average molecular weight is 386 g/mol. The Morgan fingerprint density at radius 3 is 2.54 bits per heavy atom. The normalized spacial score (nSPS) is 11.5. The van der Waals surface area contributed by atoms with Gasteiger partial charge in [0.25, 0.3) is 5.56 Å². The first-order chi connectivity index (χ1) is 13.5. The van der Waals surface area contributed by atoms with Crippen LogP contribution in [0.5, 0.6) is 5.75 Å². The van der Waals surface area contributed by atoms with Gasteiger partial charge in [0.1, 0.15) is 5.75 Å². The first-order valence-electron chi connectivity index (χ1n) is 9.32. The smallest absolute Gasteiger partial charge is 0.337 e. The van der Waals surface area contributed by atoms with E-state index in [9.17, 15) is 9.59 Å². The summed E-state index contributed by atoms with van der Waals surface area (Å²) in [4.78, 5) is 30.8. The summed E-state index contributed by atoms with van der Waals surface area (Å²) >= 11 is 0. The number of ether oxygens (including phenoxy) is 2. The molecule has 0 aliphatic carbocycles. The molecule has 1 aromatic carbocycles. The van der Waals surface area contributed by atoms with Gasteiger partial charge in [-0.1, -0.05) is 26.0 Å². The van der Waals surface area contributed by atoms with Crippen molar-refractivity contribution in [3.63, 3.8) is 0 Å². The molecule has 0 bridgehead atoms. The highest BCUT2D eigenvalue weighted by atomic mass is 16.5. The lowest BCUT2D eigenvalue weighted by Gasteiger charge is -2.15. The number of aromatic nitrogens is 4. The molecule has 0 amide bonds.